The van der Waals surface area contributed by atoms with Crippen LogP contribution < -0.4 is 4.90 Å². The zero-order chi connectivity index (χ0) is 20.1. The minimum atomic E-state index is -0.630. The zero-order valence-electron chi connectivity index (χ0n) is 16.5. The van der Waals surface area contributed by atoms with Crippen molar-refractivity contribution in [3.8, 4) is 0 Å². The first-order valence-corrected chi connectivity index (χ1v) is 8.98. The molecule has 0 aliphatic heterocycles. The number of Topliss-reactive ketones (excluding diaryl/α,β-unsaturated/α-hetero) is 1. The van der Waals surface area contributed by atoms with E-state index in [0.717, 1.165) is 24.4 Å². The summed E-state index contributed by atoms with van der Waals surface area (Å²) in [6, 6.07) is 8.50. The number of aryl methyl sites for hydroxylation is 1. The van der Waals surface area contributed by atoms with Crippen LogP contribution in [0, 0.1) is 13.8 Å². The van der Waals surface area contributed by atoms with Crippen molar-refractivity contribution in [2.75, 3.05) is 18.6 Å². The van der Waals surface area contributed by atoms with Crippen molar-refractivity contribution < 1.29 is 19.1 Å². The van der Waals surface area contributed by atoms with E-state index in [0.29, 0.717) is 11.3 Å². The number of ether oxygens (including phenoxy) is 1. The molecular weight excluding hydrogens is 344 g/mol. The number of aromatic nitrogens is 1. The largest absolute Gasteiger partial charge is 0.454 e. The molecule has 0 N–H and O–H groups in total. The number of carbonyl (C=O) groups excluding carboxylic acids is 3. The van der Waals surface area contributed by atoms with E-state index in [1.54, 1.807) is 31.3 Å². The van der Waals surface area contributed by atoms with Gasteiger partial charge in [0, 0.05) is 37.5 Å². The van der Waals surface area contributed by atoms with Crippen LogP contribution in [0.5, 0.6) is 0 Å². The molecule has 144 valence electrons. The third-order valence-electron chi connectivity index (χ3n) is 4.61. The fourth-order valence-corrected chi connectivity index (χ4v) is 3.05. The first-order valence-electron chi connectivity index (χ1n) is 8.98. The molecule has 6 nitrogen and oxygen atoms in total. The number of amides is 1. The number of carbonyl (C=O) groups is 3. The predicted molar refractivity (Wildman–Crippen MR) is 104 cm³/mol. The minimum absolute atomic E-state index is 0.199. The third-order valence-corrected chi connectivity index (χ3v) is 4.61. The van der Waals surface area contributed by atoms with E-state index in [2.05, 4.69) is 11.5 Å². The van der Waals surface area contributed by atoms with E-state index in [-0.39, 0.29) is 23.9 Å². The van der Waals surface area contributed by atoms with E-state index >= 15 is 0 Å². The van der Waals surface area contributed by atoms with Crippen LogP contribution in [0.2, 0.25) is 0 Å². The average Bonchev–Trinajstić information content (AvgIpc) is 2.93. The number of esters is 1. The Bertz CT molecular complexity index is 867. The molecule has 1 heterocycles. The predicted octanol–water partition coefficient (Wildman–Crippen LogP) is 3.54. The second kappa shape index (κ2) is 8.66. The fraction of sp³-hybridized carbons (Fsp3) is 0.381. The lowest BCUT2D eigenvalue weighted by atomic mass is 10.1. The summed E-state index contributed by atoms with van der Waals surface area (Å²) in [7, 11) is 1.59. The molecule has 0 saturated heterocycles. The van der Waals surface area contributed by atoms with Gasteiger partial charge in [-0.05, 0) is 38.5 Å². The summed E-state index contributed by atoms with van der Waals surface area (Å²) in [5.74, 6) is -1.07. The topological polar surface area (TPSA) is 68.6 Å². The van der Waals surface area contributed by atoms with Gasteiger partial charge in [0.05, 0.1) is 11.3 Å². The van der Waals surface area contributed by atoms with Gasteiger partial charge in [0.15, 0.2) is 6.61 Å². The summed E-state index contributed by atoms with van der Waals surface area (Å²) >= 11 is 0. The first-order chi connectivity index (χ1) is 12.8. The monoisotopic (exact) mass is 370 g/mol. The molecule has 6 heteroatoms. The molecule has 0 fully saturated rings. The fourth-order valence-electron chi connectivity index (χ4n) is 3.05. The second-order valence-corrected chi connectivity index (χ2v) is 6.53. The van der Waals surface area contributed by atoms with Crippen LogP contribution in [0.25, 0.3) is 0 Å². The van der Waals surface area contributed by atoms with Crippen molar-refractivity contribution in [3.63, 3.8) is 0 Å². The van der Waals surface area contributed by atoms with Gasteiger partial charge in [-0.3, -0.25) is 9.59 Å². The molecule has 0 unspecified atom stereocenters. The quantitative estimate of drug-likeness (QED) is 0.552. The molecule has 2 rings (SSSR count). The van der Waals surface area contributed by atoms with E-state index in [1.165, 1.54) is 11.8 Å². The molecular formula is C21H26N2O4. The summed E-state index contributed by atoms with van der Waals surface area (Å²) in [6.07, 6.45) is 0.972. The van der Waals surface area contributed by atoms with Gasteiger partial charge in [-0.1, -0.05) is 19.1 Å². The zero-order valence-corrected chi connectivity index (χ0v) is 16.5. The van der Waals surface area contributed by atoms with Crippen molar-refractivity contribution in [2.45, 2.75) is 40.7 Å². The highest BCUT2D eigenvalue weighted by Crippen LogP contribution is 2.21. The second-order valence-electron chi connectivity index (χ2n) is 6.53. The molecule has 0 spiro atoms. The van der Waals surface area contributed by atoms with Gasteiger partial charge in [0.1, 0.15) is 0 Å². The lowest BCUT2D eigenvalue weighted by Gasteiger charge is -2.18. The third kappa shape index (κ3) is 4.45. The number of ketones is 1. The van der Waals surface area contributed by atoms with Crippen molar-refractivity contribution in [3.05, 3.63) is 52.8 Å². The van der Waals surface area contributed by atoms with Crippen LogP contribution in [-0.2, 0) is 16.1 Å². The number of para-hydroxylation sites is 1. The number of benzene rings is 1. The number of hydrogen-bond donors (Lipinski definition) is 0. The van der Waals surface area contributed by atoms with Crippen LogP contribution in [0.1, 0.15) is 52.4 Å². The number of hydrogen-bond acceptors (Lipinski definition) is 4. The summed E-state index contributed by atoms with van der Waals surface area (Å²) in [6.45, 7) is 7.85. The average molecular weight is 370 g/mol. The molecule has 0 aliphatic rings. The van der Waals surface area contributed by atoms with E-state index in [4.69, 9.17) is 4.74 Å². The summed E-state index contributed by atoms with van der Waals surface area (Å²) in [5, 5.41) is 0. The Morgan fingerprint density at radius 1 is 1.11 bits per heavy atom. The Morgan fingerprint density at radius 2 is 1.78 bits per heavy atom. The molecule has 0 aliphatic carbocycles. The number of nitrogens with zero attached hydrogens (tertiary/aromatic N) is 2. The van der Waals surface area contributed by atoms with Gasteiger partial charge >= 0.3 is 5.97 Å². The van der Waals surface area contributed by atoms with Gasteiger partial charge in [0.25, 0.3) is 0 Å². The minimum Gasteiger partial charge on any atom is -0.454 e. The van der Waals surface area contributed by atoms with Crippen LogP contribution in [0.3, 0.4) is 0 Å². The van der Waals surface area contributed by atoms with Gasteiger partial charge in [0.2, 0.25) is 11.7 Å². The van der Waals surface area contributed by atoms with Crippen LogP contribution in [0.15, 0.2) is 30.3 Å². The molecule has 0 atom stereocenters. The summed E-state index contributed by atoms with van der Waals surface area (Å²) in [4.78, 5) is 38.0. The van der Waals surface area contributed by atoms with Crippen molar-refractivity contribution in [1.82, 2.24) is 4.57 Å². The molecule has 1 aromatic heterocycles. The Hall–Kier alpha value is -2.89. The van der Waals surface area contributed by atoms with Crippen molar-refractivity contribution >= 4 is 23.3 Å². The molecule has 2 aromatic rings. The standard InChI is InChI=1S/C21H26N2O4/c1-6-11-23-14(2)12-18(15(23)3)20(25)13-27-21(26)17-9-7-8-10-19(17)22(5)16(4)24/h7-10,12H,6,11,13H2,1-5H3. The number of anilines is 1. The highest BCUT2D eigenvalue weighted by molar-refractivity contribution is 6.04. The van der Waals surface area contributed by atoms with Crippen LogP contribution in [-0.4, -0.2) is 35.9 Å². The Balaban J connectivity index is 2.14. The summed E-state index contributed by atoms with van der Waals surface area (Å²) < 4.78 is 7.33. The van der Waals surface area contributed by atoms with Gasteiger partial charge < -0.3 is 14.2 Å². The normalized spacial score (nSPS) is 10.6. The lowest BCUT2D eigenvalue weighted by Crippen LogP contribution is -2.25. The Kier molecular flexibility index (Phi) is 6.55. The molecule has 1 aromatic carbocycles. The molecule has 0 bridgehead atoms. The van der Waals surface area contributed by atoms with E-state index in [9.17, 15) is 14.4 Å². The lowest BCUT2D eigenvalue weighted by molar-refractivity contribution is -0.116. The van der Waals surface area contributed by atoms with Crippen LogP contribution >= 0.6 is 0 Å². The van der Waals surface area contributed by atoms with Gasteiger partial charge in [-0.2, -0.15) is 0 Å². The van der Waals surface area contributed by atoms with E-state index in [1.807, 2.05) is 19.9 Å². The van der Waals surface area contributed by atoms with Crippen LogP contribution in [0.4, 0.5) is 5.69 Å². The molecule has 1 amide bonds. The number of rotatable bonds is 7. The Morgan fingerprint density at radius 3 is 2.41 bits per heavy atom. The molecule has 0 saturated carbocycles. The Labute approximate surface area is 159 Å². The smallest absolute Gasteiger partial charge is 0.340 e. The maximum Gasteiger partial charge on any atom is 0.340 e. The van der Waals surface area contributed by atoms with Crippen molar-refractivity contribution in [2.24, 2.45) is 0 Å². The van der Waals surface area contributed by atoms with E-state index < -0.39 is 5.97 Å². The van der Waals surface area contributed by atoms with Gasteiger partial charge in [-0.25, -0.2) is 4.79 Å². The first kappa shape index (κ1) is 20.4. The van der Waals surface area contributed by atoms with Gasteiger partial charge in [-0.15, -0.1) is 0 Å². The SMILES string of the molecule is CCCn1c(C)cc(C(=O)COC(=O)c2ccccc2N(C)C(C)=O)c1C. The summed E-state index contributed by atoms with van der Waals surface area (Å²) in [5.41, 5.74) is 3.16. The van der Waals surface area contributed by atoms with Crippen molar-refractivity contribution in [1.29, 1.82) is 0 Å². The molecule has 0 radical (unpaired) electrons. The highest BCUT2D eigenvalue weighted by atomic mass is 16.5. The molecule has 27 heavy (non-hydrogen) atoms. The maximum atomic E-state index is 12.5. The highest BCUT2D eigenvalue weighted by Gasteiger charge is 2.20. The maximum absolute atomic E-state index is 12.5.